The van der Waals surface area contributed by atoms with Gasteiger partial charge in [0.2, 0.25) is 5.91 Å². The molecule has 2 aromatic rings. The number of hydrogen-bond acceptors (Lipinski definition) is 7. The number of nitrogens with zero attached hydrogens (tertiary/aromatic N) is 4. The summed E-state index contributed by atoms with van der Waals surface area (Å²) < 4.78 is 5.26. The molecule has 1 amide bonds. The van der Waals surface area contributed by atoms with Gasteiger partial charge in [-0.05, 0) is 12.1 Å². The lowest BCUT2D eigenvalue weighted by Gasteiger charge is -2.20. The third-order valence-electron chi connectivity index (χ3n) is 3.59. The number of esters is 1. The van der Waals surface area contributed by atoms with Crippen LogP contribution in [0.15, 0.2) is 47.4 Å². The molecule has 0 aliphatic carbocycles. The lowest BCUT2D eigenvalue weighted by Crippen LogP contribution is -2.37. The second-order valence-electron chi connectivity index (χ2n) is 5.27. The highest BCUT2D eigenvalue weighted by Gasteiger charge is 2.23. The molecular weight excluding hydrogens is 356 g/mol. The normalized spacial score (nSPS) is 9.93. The van der Waals surface area contributed by atoms with Gasteiger partial charge in [-0.15, -0.1) is 0 Å². The maximum atomic E-state index is 12.6. The van der Waals surface area contributed by atoms with E-state index < -0.39 is 34.6 Å². The standard InChI is InChI=1S/C17H14N4O6/c1-27-17(24)12-9-14(21(25)26)16(23)19(10-12)11-15(22)20(8-7-18)13-5-3-2-4-6-13/h2-6,9-10H,8,11H2,1H3. The van der Waals surface area contributed by atoms with E-state index in [1.807, 2.05) is 6.07 Å². The number of para-hydroxylation sites is 1. The van der Waals surface area contributed by atoms with Crippen molar-refractivity contribution in [3.05, 3.63) is 68.6 Å². The average molecular weight is 370 g/mol. The summed E-state index contributed by atoms with van der Waals surface area (Å²) in [4.78, 5) is 47.8. The molecule has 0 unspecified atom stereocenters. The quantitative estimate of drug-likeness (QED) is 0.321. The van der Waals surface area contributed by atoms with Crippen LogP contribution in [0.4, 0.5) is 11.4 Å². The third-order valence-corrected chi connectivity index (χ3v) is 3.59. The van der Waals surface area contributed by atoms with Gasteiger partial charge >= 0.3 is 17.2 Å². The summed E-state index contributed by atoms with van der Waals surface area (Å²) in [6, 6.07) is 10.9. The van der Waals surface area contributed by atoms with Crippen molar-refractivity contribution in [3.63, 3.8) is 0 Å². The first-order chi connectivity index (χ1) is 12.9. The van der Waals surface area contributed by atoms with E-state index in [2.05, 4.69) is 4.74 Å². The number of hydrogen-bond donors (Lipinski definition) is 0. The number of methoxy groups -OCH3 is 1. The molecule has 0 radical (unpaired) electrons. The molecule has 27 heavy (non-hydrogen) atoms. The summed E-state index contributed by atoms with van der Waals surface area (Å²) in [6.07, 6.45) is 1.01. The lowest BCUT2D eigenvalue weighted by molar-refractivity contribution is -0.386. The molecule has 0 aliphatic rings. The maximum absolute atomic E-state index is 12.6. The van der Waals surface area contributed by atoms with Crippen LogP contribution < -0.4 is 10.5 Å². The highest BCUT2D eigenvalue weighted by atomic mass is 16.6. The Morgan fingerprint density at radius 2 is 2.00 bits per heavy atom. The molecule has 0 saturated heterocycles. The van der Waals surface area contributed by atoms with Gasteiger partial charge in [-0.3, -0.25) is 29.2 Å². The number of benzene rings is 1. The zero-order chi connectivity index (χ0) is 20.0. The van der Waals surface area contributed by atoms with Crippen LogP contribution in [0, 0.1) is 21.4 Å². The second kappa shape index (κ2) is 8.39. The molecule has 1 heterocycles. The Morgan fingerprint density at radius 1 is 1.33 bits per heavy atom. The number of amides is 1. The van der Waals surface area contributed by atoms with Crippen LogP contribution in [0.3, 0.4) is 0 Å². The average Bonchev–Trinajstić information content (AvgIpc) is 2.67. The predicted molar refractivity (Wildman–Crippen MR) is 93.1 cm³/mol. The molecule has 0 atom stereocenters. The summed E-state index contributed by atoms with van der Waals surface area (Å²) in [5.74, 6) is -1.54. The number of ether oxygens (including phenoxy) is 1. The van der Waals surface area contributed by atoms with Gasteiger partial charge < -0.3 is 4.74 Å². The summed E-state index contributed by atoms with van der Waals surface area (Å²) >= 11 is 0. The summed E-state index contributed by atoms with van der Waals surface area (Å²) in [5, 5.41) is 20.1. The largest absolute Gasteiger partial charge is 0.465 e. The smallest absolute Gasteiger partial charge is 0.339 e. The predicted octanol–water partition coefficient (Wildman–Crippen LogP) is 1.10. The molecule has 138 valence electrons. The lowest BCUT2D eigenvalue weighted by atomic mass is 10.2. The van der Waals surface area contributed by atoms with Crippen LogP contribution in [0.25, 0.3) is 0 Å². The first-order valence-electron chi connectivity index (χ1n) is 7.58. The van der Waals surface area contributed by atoms with Gasteiger partial charge in [0.05, 0.1) is 23.7 Å². The summed E-state index contributed by atoms with van der Waals surface area (Å²) in [5.41, 5.74) is -1.73. The van der Waals surface area contributed by atoms with Gasteiger partial charge in [0.1, 0.15) is 13.1 Å². The Morgan fingerprint density at radius 3 is 2.56 bits per heavy atom. The number of aromatic nitrogens is 1. The molecule has 10 nitrogen and oxygen atoms in total. The van der Waals surface area contributed by atoms with E-state index >= 15 is 0 Å². The fourth-order valence-electron chi connectivity index (χ4n) is 2.33. The second-order valence-corrected chi connectivity index (χ2v) is 5.27. The fourth-order valence-corrected chi connectivity index (χ4v) is 2.33. The molecule has 10 heteroatoms. The Bertz CT molecular complexity index is 977. The van der Waals surface area contributed by atoms with Gasteiger partial charge in [-0.2, -0.15) is 5.26 Å². The molecule has 1 aromatic carbocycles. The molecule has 0 aliphatic heterocycles. The minimum atomic E-state index is -1.05. The Hall–Kier alpha value is -4.00. The zero-order valence-corrected chi connectivity index (χ0v) is 14.2. The van der Waals surface area contributed by atoms with Crippen molar-refractivity contribution < 1.29 is 19.2 Å². The van der Waals surface area contributed by atoms with Gasteiger partial charge in [-0.25, -0.2) is 4.79 Å². The van der Waals surface area contributed by atoms with Crippen LogP contribution in [-0.2, 0) is 16.1 Å². The monoisotopic (exact) mass is 370 g/mol. The van der Waals surface area contributed by atoms with Gasteiger partial charge in [-0.1, -0.05) is 18.2 Å². The van der Waals surface area contributed by atoms with Crippen molar-refractivity contribution in [2.45, 2.75) is 6.54 Å². The summed E-state index contributed by atoms with van der Waals surface area (Å²) in [6.45, 7) is -0.878. The highest BCUT2D eigenvalue weighted by molar-refractivity contribution is 5.94. The van der Waals surface area contributed by atoms with Crippen LogP contribution in [0.1, 0.15) is 10.4 Å². The Kier molecular flexibility index (Phi) is 6.01. The molecule has 1 aromatic heterocycles. The number of nitro groups is 1. The Balaban J connectivity index is 2.45. The van der Waals surface area contributed by atoms with Gasteiger partial charge in [0.25, 0.3) is 0 Å². The van der Waals surface area contributed by atoms with Crippen LogP contribution in [0.5, 0.6) is 0 Å². The Labute approximate surface area is 153 Å². The molecule has 0 saturated carbocycles. The fraction of sp³-hybridized carbons (Fsp3) is 0.176. The van der Waals surface area contributed by atoms with E-state index in [1.54, 1.807) is 30.3 Å². The highest BCUT2D eigenvalue weighted by Crippen LogP contribution is 2.14. The van der Waals surface area contributed by atoms with Crippen LogP contribution in [-0.4, -0.2) is 35.0 Å². The van der Waals surface area contributed by atoms with Gasteiger partial charge in [0, 0.05) is 18.0 Å². The first-order valence-corrected chi connectivity index (χ1v) is 7.58. The van der Waals surface area contributed by atoms with Gasteiger partial charge in [0.15, 0.2) is 0 Å². The topological polar surface area (TPSA) is 136 Å². The molecule has 0 spiro atoms. The van der Waals surface area contributed by atoms with E-state index in [0.29, 0.717) is 5.69 Å². The minimum absolute atomic E-state index is 0.247. The zero-order valence-electron chi connectivity index (χ0n) is 14.2. The first kappa shape index (κ1) is 19.3. The molecular formula is C17H14N4O6. The molecule has 0 N–H and O–H groups in total. The van der Waals surface area contributed by atoms with Crippen molar-refractivity contribution in [3.8, 4) is 6.07 Å². The number of rotatable bonds is 6. The minimum Gasteiger partial charge on any atom is -0.465 e. The van der Waals surface area contributed by atoms with Crippen molar-refractivity contribution >= 4 is 23.3 Å². The van der Waals surface area contributed by atoms with E-state index in [0.717, 1.165) is 28.8 Å². The van der Waals surface area contributed by atoms with E-state index in [1.165, 1.54) is 0 Å². The molecule has 2 rings (SSSR count). The maximum Gasteiger partial charge on any atom is 0.339 e. The van der Waals surface area contributed by atoms with Crippen molar-refractivity contribution in [1.29, 1.82) is 5.26 Å². The van der Waals surface area contributed by atoms with Crippen LogP contribution >= 0.6 is 0 Å². The summed E-state index contributed by atoms with van der Waals surface area (Å²) in [7, 11) is 1.08. The number of carbonyl (C=O) groups is 2. The van der Waals surface area contributed by atoms with Crippen LogP contribution in [0.2, 0.25) is 0 Å². The number of anilines is 1. The SMILES string of the molecule is COC(=O)c1cc([N+](=O)[O-])c(=O)n(CC(=O)N(CC#N)c2ccccc2)c1. The van der Waals surface area contributed by atoms with E-state index in [-0.39, 0.29) is 12.1 Å². The van der Waals surface area contributed by atoms with E-state index in [9.17, 15) is 24.5 Å². The van der Waals surface area contributed by atoms with E-state index in [4.69, 9.17) is 5.26 Å². The number of carbonyl (C=O) groups excluding carboxylic acids is 2. The number of nitriles is 1. The number of pyridine rings is 1. The van der Waals surface area contributed by atoms with Crippen molar-refractivity contribution in [2.75, 3.05) is 18.6 Å². The molecule has 0 fully saturated rings. The van der Waals surface area contributed by atoms with Crippen molar-refractivity contribution in [2.24, 2.45) is 0 Å². The third kappa shape index (κ3) is 4.35. The van der Waals surface area contributed by atoms with Crippen molar-refractivity contribution in [1.82, 2.24) is 4.57 Å². The molecule has 0 bridgehead atoms.